The van der Waals surface area contributed by atoms with E-state index < -0.39 is 11.5 Å². The van der Waals surface area contributed by atoms with Crippen LogP contribution in [0.15, 0.2) is 42.5 Å². The van der Waals surface area contributed by atoms with Gasteiger partial charge in [0.05, 0.1) is 5.54 Å². The largest absolute Gasteiger partial charge is 0.343 e. The van der Waals surface area contributed by atoms with Gasteiger partial charge >= 0.3 is 0 Å². The number of hydrogen-bond acceptors (Lipinski definition) is 2. The molecule has 1 aliphatic heterocycles. The maximum Gasteiger partial charge on any atom is 0.235 e. The van der Waals surface area contributed by atoms with Crippen LogP contribution >= 0.6 is 0 Å². The molecule has 3 heteroatoms. The second kappa shape index (κ2) is 7.54. The zero-order valence-corrected chi connectivity index (χ0v) is 16.9. The lowest BCUT2D eigenvalue weighted by Gasteiger charge is -2.29. The van der Waals surface area contributed by atoms with Crippen molar-refractivity contribution in [2.75, 3.05) is 0 Å². The van der Waals surface area contributed by atoms with Gasteiger partial charge in [-0.15, -0.1) is 0 Å². The van der Waals surface area contributed by atoms with Crippen LogP contribution in [0.25, 0.3) is 11.1 Å². The molecular weight excluding hydrogens is 346 g/mol. The third-order valence-electron chi connectivity index (χ3n) is 6.57. The molecular formula is C25H29NO2. The van der Waals surface area contributed by atoms with Crippen LogP contribution in [-0.4, -0.2) is 17.2 Å². The van der Waals surface area contributed by atoms with Crippen LogP contribution in [0.5, 0.6) is 0 Å². The lowest BCUT2D eigenvalue weighted by atomic mass is 9.77. The second-order valence-corrected chi connectivity index (χ2v) is 8.53. The van der Waals surface area contributed by atoms with Crippen molar-refractivity contribution in [3.8, 4) is 11.1 Å². The quantitative estimate of drug-likeness (QED) is 0.730. The van der Waals surface area contributed by atoms with Gasteiger partial charge in [-0.3, -0.25) is 9.59 Å². The van der Waals surface area contributed by atoms with Gasteiger partial charge in [0, 0.05) is 0 Å². The Hall–Kier alpha value is -2.42. The topological polar surface area (TPSA) is 46.2 Å². The van der Waals surface area contributed by atoms with Gasteiger partial charge in [-0.25, -0.2) is 0 Å². The van der Waals surface area contributed by atoms with Crippen LogP contribution in [0.3, 0.4) is 0 Å². The molecule has 0 bridgehead atoms. The van der Waals surface area contributed by atoms with Crippen molar-refractivity contribution < 1.29 is 9.59 Å². The van der Waals surface area contributed by atoms with E-state index in [1.165, 1.54) is 6.42 Å². The van der Waals surface area contributed by atoms with Crippen molar-refractivity contribution in [1.82, 2.24) is 5.32 Å². The number of benzene rings is 2. The molecule has 1 atom stereocenters. The first-order valence-electron chi connectivity index (χ1n) is 10.5. The average Bonchev–Trinajstić information content (AvgIpc) is 2.91. The highest BCUT2D eigenvalue weighted by Crippen LogP contribution is 2.40. The maximum absolute atomic E-state index is 13.5. The summed E-state index contributed by atoms with van der Waals surface area (Å²) in [4.78, 5) is 26.4. The molecule has 0 radical (unpaired) electrons. The fraction of sp³-hybridized carbons (Fsp3) is 0.440. The molecule has 1 amide bonds. The van der Waals surface area contributed by atoms with Crippen LogP contribution in [0.2, 0.25) is 0 Å². The minimum absolute atomic E-state index is 0.0920. The summed E-state index contributed by atoms with van der Waals surface area (Å²) in [5, 5.41) is 3.14. The maximum atomic E-state index is 13.5. The Labute approximate surface area is 167 Å². The number of carbonyl (C=O) groups is 2. The number of ketones is 1. The van der Waals surface area contributed by atoms with Gasteiger partial charge < -0.3 is 5.32 Å². The van der Waals surface area contributed by atoms with Crippen molar-refractivity contribution in [2.45, 2.75) is 70.3 Å². The summed E-state index contributed by atoms with van der Waals surface area (Å²) in [5.41, 5.74) is 4.67. The van der Waals surface area contributed by atoms with Gasteiger partial charge in [-0.2, -0.15) is 0 Å². The minimum atomic E-state index is -0.664. The van der Waals surface area contributed by atoms with Crippen molar-refractivity contribution in [2.24, 2.45) is 0 Å². The number of carbonyl (C=O) groups excluding carboxylic acids is 2. The molecule has 1 aliphatic carbocycles. The Morgan fingerprint density at radius 2 is 1.50 bits per heavy atom. The zero-order valence-electron chi connectivity index (χ0n) is 16.9. The van der Waals surface area contributed by atoms with Crippen molar-refractivity contribution >= 4 is 11.7 Å². The number of amides is 1. The van der Waals surface area contributed by atoms with Crippen LogP contribution in [0.4, 0.5) is 0 Å². The highest BCUT2D eigenvalue weighted by Gasteiger charge is 2.52. The summed E-state index contributed by atoms with van der Waals surface area (Å²) in [5.74, 6) is -0.683. The Kier molecular flexibility index (Phi) is 5.09. The van der Waals surface area contributed by atoms with E-state index in [9.17, 15) is 9.59 Å². The van der Waals surface area contributed by atoms with Gasteiger partial charge in [0.15, 0.2) is 5.78 Å². The molecule has 1 saturated heterocycles. The molecule has 146 valence electrons. The van der Waals surface area contributed by atoms with E-state index in [1.807, 2.05) is 25.1 Å². The summed E-state index contributed by atoms with van der Waals surface area (Å²) in [6.07, 6.45) is 7.15. The van der Waals surface area contributed by atoms with E-state index in [0.29, 0.717) is 0 Å². The van der Waals surface area contributed by atoms with Gasteiger partial charge in [0.25, 0.3) is 0 Å². The molecule has 1 heterocycles. The number of hydrogen-bond donors (Lipinski definition) is 1. The van der Waals surface area contributed by atoms with Crippen LogP contribution in [0.1, 0.15) is 67.6 Å². The highest BCUT2D eigenvalue weighted by atomic mass is 16.2. The minimum Gasteiger partial charge on any atom is -0.343 e. The number of nitrogens with one attached hydrogen (secondary N) is 1. The fourth-order valence-corrected chi connectivity index (χ4v) is 5.01. The second-order valence-electron chi connectivity index (χ2n) is 8.53. The van der Waals surface area contributed by atoms with Crippen molar-refractivity contribution in [3.63, 3.8) is 0 Å². The van der Waals surface area contributed by atoms with E-state index in [1.54, 1.807) is 0 Å². The first kappa shape index (κ1) is 18.9. The Morgan fingerprint density at radius 3 is 2.18 bits per heavy atom. The third-order valence-corrected chi connectivity index (χ3v) is 6.57. The van der Waals surface area contributed by atoms with Crippen LogP contribution in [-0.2, 0) is 9.59 Å². The molecule has 2 fully saturated rings. The monoisotopic (exact) mass is 375 g/mol. The molecule has 2 aliphatic rings. The molecule has 1 spiro atoms. The van der Waals surface area contributed by atoms with E-state index in [-0.39, 0.29) is 11.7 Å². The Bertz CT molecular complexity index is 892. The summed E-state index contributed by atoms with van der Waals surface area (Å²) < 4.78 is 0. The van der Waals surface area contributed by atoms with Crippen LogP contribution in [0, 0.1) is 13.8 Å². The predicted octanol–water partition coefficient (Wildman–Crippen LogP) is 5.24. The number of aryl methyl sites for hydroxylation is 2. The smallest absolute Gasteiger partial charge is 0.235 e. The average molecular weight is 376 g/mol. The summed E-state index contributed by atoms with van der Waals surface area (Å²) in [7, 11) is 0. The molecule has 1 unspecified atom stereocenters. The molecule has 4 rings (SSSR count). The Morgan fingerprint density at radius 1 is 0.857 bits per heavy atom. The number of Topliss-reactive ketones (excluding diaryl/α,β-unsaturated/α-hetero) is 1. The lowest BCUT2D eigenvalue weighted by Crippen LogP contribution is -2.46. The van der Waals surface area contributed by atoms with Gasteiger partial charge in [0.2, 0.25) is 5.91 Å². The van der Waals surface area contributed by atoms with Crippen molar-refractivity contribution in [3.05, 3.63) is 59.2 Å². The number of rotatable bonds is 2. The SMILES string of the molecule is Cc1cc(C2C(=O)NC3(CCCCCCC3)C2=O)c(C)cc1-c1ccccc1. The van der Waals surface area contributed by atoms with E-state index in [2.05, 4.69) is 36.5 Å². The fourth-order valence-electron chi connectivity index (χ4n) is 5.01. The summed E-state index contributed by atoms with van der Waals surface area (Å²) in [6, 6.07) is 14.5. The van der Waals surface area contributed by atoms with Crippen molar-refractivity contribution in [1.29, 1.82) is 0 Å². The van der Waals surface area contributed by atoms with Gasteiger partial charge in [-0.05, 0) is 54.5 Å². The zero-order chi connectivity index (χ0) is 19.7. The summed E-state index contributed by atoms with van der Waals surface area (Å²) >= 11 is 0. The Balaban J connectivity index is 1.70. The third kappa shape index (κ3) is 3.28. The van der Waals surface area contributed by atoms with Crippen LogP contribution < -0.4 is 5.32 Å². The summed E-state index contributed by atoms with van der Waals surface area (Å²) in [6.45, 7) is 4.08. The highest BCUT2D eigenvalue weighted by molar-refractivity contribution is 6.17. The molecule has 1 N–H and O–H groups in total. The van der Waals surface area contributed by atoms with E-state index >= 15 is 0 Å². The van der Waals surface area contributed by atoms with E-state index in [4.69, 9.17) is 0 Å². The molecule has 3 nitrogen and oxygen atoms in total. The molecule has 1 saturated carbocycles. The first-order valence-corrected chi connectivity index (χ1v) is 10.5. The normalized spacial score (nSPS) is 22.0. The lowest BCUT2D eigenvalue weighted by molar-refractivity contribution is -0.125. The first-order chi connectivity index (χ1) is 13.5. The standard InChI is InChI=1S/C25H29NO2/c1-17-16-21(18(2)15-20(17)19-11-7-6-8-12-19)22-23(27)25(26-24(22)28)13-9-4-3-5-10-14-25/h6-8,11-12,15-16,22H,3-5,9-10,13-14H2,1-2H3,(H,26,28). The van der Waals surface area contributed by atoms with Gasteiger partial charge in [-0.1, -0.05) is 74.6 Å². The van der Waals surface area contributed by atoms with E-state index in [0.717, 1.165) is 66.3 Å². The predicted molar refractivity (Wildman–Crippen MR) is 112 cm³/mol. The molecule has 28 heavy (non-hydrogen) atoms. The van der Waals surface area contributed by atoms with Gasteiger partial charge in [0.1, 0.15) is 5.92 Å². The molecule has 2 aromatic rings. The molecule has 2 aromatic carbocycles. The molecule has 0 aromatic heterocycles.